The fourth-order valence-electron chi connectivity index (χ4n) is 2.81. The maximum absolute atomic E-state index is 12.5. The average Bonchev–Trinajstić information content (AvgIpc) is 2.39. The Labute approximate surface area is 110 Å². The minimum absolute atomic E-state index is 0.178. The molecule has 0 fully saturated rings. The predicted molar refractivity (Wildman–Crippen MR) is 75.9 cm³/mol. The molecule has 0 saturated heterocycles. The van der Waals surface area contributed by atoms with Gasteiger partial charge in [0.25, 0.3) is 0 Å². The molecule has 0 N–H and O–H groups in total. The minimum atomic E-state index is 0.178. The van der Waals surface area contributed by atoms with Crippen molar-refractivity contribution in [3.05, 3.63) is 29.3 Å². The van der Waals surface area contributed by atoms with Crippen LogP contribution in [-0.2, 0) is 11.2 Å². The number of aryl methyl sites for hydroxylation is 2. The summed E-state index contributed by atoms with van der Waals surface area (Å²) in [4.78, 5) is 14.5. The first-order valence-electron chi connectivity index (χ1n) is 7.08. The van der Waals surface area contributed by atoms with E-state index in [1.54, 1.807) is 0 Å². The van der Waals surface area contributed by atoms with Crippen molar-refractivity contribution in [2.75, 3.05) is 11.4 Å². The molecule has 98 valence electrons. The molecule has 1 aliphatic rings. The molecule has 2 rings (SSSR count). The molecule has 0 spiro atoms. The second-order valence-corrected chi connectivity index (χ2v) is 5.24. The molecule has 1 heterocycles. The summed E-state index contributed by atoms with van der Waals surface area (Å²) < 4.78 is 0. The van der Waals surface area contributed by atoms with Crippen LogP contribution in [0.3, 0.4) is 0 Å². The van der Waals surface area contributed by atoms with Crippen LogP contribution in [0.1, 0.15) is 44.2 Å². The molecule has 0 bridgehead atoms. The highest BCUT2D eigenvalue weighted by atomic mass is 16.2. The monoisotopic (exact) mass is 245 g/mol. The molecule has 1 amide bonds. The second-order valence-electron chi connectivity index (χ2n) is 5.24. The van der Waals surface area contributed by atoms with Crippen LogP contribution in [0.4, 0.5) is 5.69 Å². The normalized spacial score (nSPS) is 14.8. The number of hydrogen-bond acceptors (Lipinski definition) is 1. The first-order valence-corrected chi connectivity index (χ1v) is 7.08. The van der Waals surface area contributed by atoms with Crippen molar-refractivity contribution in [3.63, 3.8) is 0 Å². The van der Waals surface area contributed by atoms with Crippen LogP contribution in [-0.4, -0.2) is 12.5 Å². The number of rotatable bonds is 3. The molecule has 2 heteroatoms. The molecule has 0 saturated carbocycles. The third kappa shape index (κ3) is 2.43. The van der Waals surface area contributed by atoms with Gasteiger partial charge in [-0.25, -0.2) is 0 Å². The molecule has 0 aromatic heterocycles. The molecule has 18 heavy (non-hydrogen) atoms. The number of fused-ring (bicyclic) bond motifs is 1. The third-order valence-corrected chi connectivity index (χ3v) is 3.95. The van der Waals surface area contributed by atoms with E-state index in [0.717, 1.165) is 37.9 Å². The largest absolute Gasteiger partial charge is 0.312 e. The third-order valence-electron chi connectivity index (χ3n) is 3.95. The van der Waals surface area contributed by atoms with Gasteiger partial charge in [-0.15, -0.1) is 0 Å². The minimum Gasteiger partial charge on any atom is -0.312 e. The van der Waals surface area contributed by atoms with Crippen LogP contribution in [0.25, 0.3) is 0 Å². The van der Waals surface area contributed by atoms with E-state index < -0.39 is 0 Å². The van der Waals surface area contributed by atoms with Crippen molar-refractivity contribution in [3.8, 4) is 0 Å². The first kappa shape index (κ1) is 13.1. The van der Waals surface area contributed by atoms with Gasteiger partial charge in [0.15, 0.2) is 0 Å². The summed E-state index contributed by atoms with van der Waals surface area (Å²) in [7, 11) is 0. The number of carbonyl (C=O) groups excluding carboxylic acids is 1. The van der Waals surface area contributed by atoms with Crippen molar-refractivity contribution in [2.24, 2.45) is 5.92 Å². The van der Waals surface area contributed by atoms with E-state index in [9.17, 15) is 4.79 Å². The summed E-state index contributed by atoms with van der Waals surface area (Å²) in [5.74, 6) is 0.488. The summed E-state index contributed by atoms with van der Waals surface area (Å²) in [5, 5.41) is 0. The lowest BCUT2D eigenvalue weighted by molar-refractivity contribution is -0.122. The Morgan fingerprint density at radius 3 is 2.72 bits per heavy atom. The van der Waals surface area contributed by atoms with Crippen LogP contribution in [0, 0.1) is 12.8 Å². The maximum atomic E-state index is 12.5. The Hall–Kier alpha value is -1.31. The summed E-state index contributed by atoms with van der Waals surface area (Å²) in [6, 6.07) is 6.45. The maximum Gasteiger partial charge on any atom is 0.230 e. The predicted octanol–water partition coefficient (Wildman–Crippen LogP) is 3.71. The fraction of sp³-hybridized carbons (Fsp3) is 0.562. The highest BCUT2D eigenvalue weighted by Gasteiger charge is 2.26. The van der Waals surface area contributed by atoms with Gasteiger partial charge in [0.05, 0.1) is 0 Å². The number of benzene rings is 1. The molecule has 1 aromatic carbocycles. The van der Waals surface area contributed by atoms with Gasteiger partial charge in [-0.05, 0) is 44.2 Å². The van der Waals surface area contributed by atoms with Gasteiger partial charge in [-0.3, -0.25) is 4.79 Å². The number of amides is 1. The van der Waals surface area contributed by atoms with Crippen LogP contribution < -0.4 is 4.90 Å². The number of carbonyl (C=O) groups is 1. The second kappa shape index (κ2) is 5.55. The molecule has 0 aliphatic carbocycles. The number of hydrogen-bond donors (Lipinski definition) is 0. The van der Waals surface area contributed by atoms with Crippen molar-refractivity contribution in [2.45, 2.75) is 46.5 Å². The zero-order valence-electron chi connectivity index (χ0n) is 11.7. The summed E-state index contributed by atoms with van der Waals surface area (Å²) >= 11 is 0. The molecule has 0 radical (unpaired) electrons. The van der Waals surface area contributed by atoms with Crippen molar-refractivity contribution < 1.29 is 4.79 Å². The van der Waals surface area contributed by atoms with E-state index >= 15 is 0 Å². The van der Waals surface area contributed by atoms with Gasteiger partial charge in [-0.1, -0.05) is 31.5 Å². The van der Waals surface area contributed by atoms with Crippen LogP contribution >= 0.6 is 0 Å². The summed E-state index contributed by atoms with van der Waals surface area (Å²) in [5.41, 5.74) is 3.76. The molecule has 2 nitrogen and oxygen atoms in total. The van der Waals surface area contributed by atoms with Gasteiger partial charge in [-0.2, -0.15) is 0 Å². The molecular formula is C16H23NO. The Balaban J connectivity index is 2.30. The smallest absolute Gasteiger partial charge is 0.230 e. The van der Waals surface area contributed by atoms with Crippen molar-refractivity contribution in [1.29, 1.82) is 0 Å². The topological polar surface area (TPSA) is 20.3 Å². The van der Waals surface area contributed by atoms with E-state index in [4.69, 9.17) is 0 Å². The van der Waals surface area contributed by atoms with Gasteiger partial charge in [0.1, 0.15) is 0 Å². The van der Waals surface area contributed by atoms with Crippen LogP contribution in [0.2, 0.25) is 0 Å². The first-order chi connectivity index (χ1) is 8.67. The quantitative estimate of drug-likeness (QED) is 0.795. The zero-order chi connectivity index (χ0) is 13.1. The number of anilines is 1. The lowest BCUT2D eigenvalue weighted by Gasteiger charge is -2.32. The molecular weight excluding hydrogens is 222 g/mol. The Bertz CT molecular complexity index is 435. The van der Waals surface area contributed by atoms with E-state index in [2.05, 4.69) is 39.0 Å². The Kier molecular flexibility index (Phi) is 4.05. The SMILES string of the molecule is CCC(CC)C(=O)N1CCCc2cc(C)ccc21. The lowest BCUT2D eigenvalue weighted by Crippen LogP contribution is -2.39. The van der Waals surface area contributed by atoms with Gasteiger partial charge in [0.2, 0.25) is 5.91 Å². The molecule has 0 unspecified atom stereocenters. The number of nitrogens with zero attached hydrogens (tertiary/aromatic N) is 1. The van der Waals surface area contributed by atoms with Crippen LogP contribution in [0.15, 0.2) is 18.2 Å². The Morgan fingerprint density at radius 2 is 2.06 bits per heavy atom. The van der Waals surface area contributed by atoms with E-state index in [1.165, 1.54) is 11.1 Å². The summed E-state index contributed by atoms with van der Waals surface area (Å²) in [6.07, 6.45) is 4.06. The standard InChI is InChI=1S/C16H23NO/c1-4-13(5-2)16(18)17-10-6-7-14-11-12(3)8-9-15(14)17/h8-9,11,13H,4-7,10H2,1-3H3. The van der Waals surface area contributed by atoms with Gasteiger partial charge in [0, 0.05) is 18.2 Å². The highest BCUT2D eigenvalue weighted by Crippen LogP contribution is 2.30. The van der Waals surface area contributed by atoms with Gasteiger partial charge < -0.3 is 4.90 Å². The molecule has 0 atom stereocenters. The average molecular weight is 245 g/mol. The van der Waals surface area contributed by atoms with E-state index in [1.807, 2.05) is 4.90 Å². The lowest BCUT2D eigenvalue weighted by atomic mass is 9.96. The zero-order valence-corrected chi connectivity index (χ0v) is 11.7. The van der Waals surface area contributed by atoms with Gasteiger partial charge >= 0.3 is 0 Å². The summed E-state index contributed by atoms with van der Waals surface area (Å²) in [6.45, 7) is 7.20. The Morgan fingerprint density at radius 1 is 1.33 bits per heavy atom. The molecule has 1 aliphatic heterocycles. The van der Waals surface area contributed by atoms with E-state index in [-0.39, 0.29) is 5.92 Å². The van der Waals surface area contributed by atoms with Crippen LogP contribution in [0.5, 0.6) is 0 Å². The fourth-order valence-corrected chi connectivity index (χ4v) is 2.81. The van der Waals surface area contributed by atoms with E-state index in [0.29, 0.717) is 5.91 Å². The van der Waals surface area contributed by atoms with Crippen molar-refractivity contribution >= 4 is 11.6 Å². The highest BCUT2D eigenvalue weighted by molar-refractivity contribution is 5.96. The van der Waals surface area contributed by atoms with Crippen molar-refractivity contribution in [1.82, 2.24) is 0 Å². The molecule has 1 aromatic rings.